The second kappa shape index (κ2) is 2.22. The van der Waals surface area contributed by atoms with Crippen molar-refractivity contribution >= 4 is 36.2 Å². The van der Waals surface area contributed by atoms with Crippen molar-refractivity contribution in [3.05, 3.63) is 32.3 Å². The average molecular weight is 196 g/mol. The van der Waals surface area contributed by atoms with Gasteiger partial charge in [-0.15, -0.1) is 23.1 Å². The van der Waals surface area contributed by atoms with Crippen LogP contribution in [0.4, 0.5) is 0 Å². The van der Waals surface area contributed by atoms with E-state index in [0.29, 0.717) is 0 Å². The molecule has 0 radical (unpaired) electrons. The molecule has 0 N–H and O–H groups in total. The molecule has 0 aliphatic carbocycles. The highest BCUT2D eigenvalue weighted by atomic mass is 32.2. The smallest absolute Gasteiger partial charge is 0.0534 e. The number of hydrogen-bond acceptors (Lipinski definition) is 2. The third-order valence-corrected chi connectivity index (χ3v) is 5.50. The third kappa shape index (κ3) is 0.807. The Balaban J connectivity index is 2.55. The quantitative estimate of drug-likeness (QED) is 0.575. The van der Waals surface area contributed by atoms with Crippen molar-refractivity contribution in [3.63, 3.8) is 0 Å². The van der Waals surface area contributed by atoms with Gasteiger partial charge in [0, 0.05) is 20.9 Å². The van der Waals surface area contributed by atoms with Crippen LogP contribution in [0.1, 0.15) is 0 Å². The van der Waals surface area contributed by atoms with E-state index in [-0.39, 0.29) is 0 Å². The Kier molecular flexibility index (Phi) is 1.31. The van der Waals surface area contributed by atoms with Gasteiger partial charge in [-0.3, -0.25) is 0 Å². The van der Waals surface area contributed by atoms with Gasteiger partial charge in [0.15, 0.2) is 0 Å². The predicted molar refractivity (Wildman–Crippen MR) is 53.6 cm³/mol. The molecule has 0 spiro atoms. The summed E-state index contributed by atoms with van der Waals surface area (Å²) >= 11 is 3.87. The first-order valence-corrected chi connectivity index (χ1v) is 6.21. The minimum atomic E-state index is 1.19. The fourth-order valence-electron chi connectivity index (χ4n) is 1.34. The molecule has 3 heterocycles. The molecule has 0 nitrogen and oxygen atoms in total. The summed E-state index contributed by atoms with van der Waals surface area (Å²) in [6, 6.07) is 2.24. The van der Waals surface area contributed by atoms with Crippen molar-refractivity contribution in [2.24, 2.45) is 0 Å². The molecular formula is C8H5PS2. The number of rotatable bonds is 0. The van der Waals surface area contributed by atoms with E-state index in [4.69, 9.17) is 0 Å². The molecule has 1 aromatic rings. The van der Waals surface area contributed by atoms with E-state index in [1.165, 1.54) is 23.4 Å². The number of thiophene rings is 1. The zero-order valence-electron chi connectivity index (χ0n) is 5.70. The topological polar surface area (TPSA) is 0 Å². The summed E-state index contributed by atoms with van der Waals surface area (Å²) in [5.41, 5.74) is 0. The Bertz CT molecular complexity index is 453. The lowest BCUT2D eigenvalue weighted by molar-refractivity contribution is 1.82. The van der Waals surface area contributed by atoms with Crippen molar-refractivity contribution in [1.29, 1.82) is 0 Å². The Morgan fingerprint density at radius 3 is 3.45 bits per heavy atom. The van der Waals surface area contributed by atoms with Gasteiger partial charge in [0.05, 0.1) is 4.53 Å². The summed E-state index contributed by atoms with van der Waals surface area (Å²) < 4.78 is 1.53. The molecular weight excluding hydrogens is 191 g/mol. The van der Waals surface area contributed by atoms with Crippen LogP contribution >= 0.6 is 31.3 Å². The molecule has 0 saturated carbocycles. The van der Waals surface area contributed by atoms with Gasteiger partial charge in [0.1, 0.15) is 0 Å². The molecule has 2 aliphatic rings. The van der Waals surface area contributed by atoms with Gasteiger partial charge in [0.25, 0.3) is 0 Å². The van der Waals surface area contributed by atoms with Crippen molar-refractivity contribution in [2.45, 2.75) is 0 Å². The van der Waals surface area contributed by atoms with Crippen LogP contribution < -0.4 is 4.53 Å². The molecule has 3 heteroatoms. The van der Waals surface area contributed by atoms with Gasteiger partial charge in [-0.05, 0) is 11.4 Å². The molecule has 0 saturated heterocycles. The first-order chi connectivity index (χ1) is 5.45. The summed E-state index contributed by atoms with van der Waals surface area (Å²) in [5.74, 6) is 1.19. The standard InChI is InChI=1S/C8H5PS2/c1-3-10-7-5(1)9-6-2-4-11-8(6)7/h1-3H,4H2. The van der Waals surface area contributed by atoms with Gasteiger partial charge < -0.3 is 0 Å². The summed E-state index contributed by atoms with van der Waals surface area (Å²) in [5, 5.41) is 3.75. The molecule has 0 fully saturated rings. The molecule has 0 aromatic carbocycles. The lowest BCUT2D eigenvalue weighted by atomic mass is 10.4. The van der Waals surface area contributed by atoms with Gasteiger partial charge in [-0.2, -0.15) is 0 Å². The fourth-order valence-corrected chi connectivity index (χ4v) is 5.31. The van der Waals surface area contributed by atoms with Gasteiger partial charge >= 0.3 is 0 Å². The van der Waals surface area contributed by atoms with E-state index in [1.807, 2.05) is 23.1 Å². The van der Waals surface area contributed by atoms with Crippen LogP contribution in [0.25, 0.3) is 4.91 Å². The lowest BCUT2D eigenvalue weighted by Crippen LogP contribution is -1.91. The average Bonchev–Trinajstić information content (AvgIpc) is 2.52. The highest BCUT2D eigenvalue weighted by molar-refractivity contribution is 8.09. The van der Waals surface area contributed by atoms with Crippen molar-refractivity contribution in [3.8, 4) is 0 Å². The van der Waals surface area contributed by atoms with E-state index in [9.17, 15) is 0 Å². The van der Waals surface area contributed by atoms with Crippen molar-refractivity contribution in [1.82, 2.24) is 0 Å². The second-order valence-electron chi connectivity index (χ2n) is 2.48. The van der Waals surface area contributed by atoms with Crippen molar-refractivity contribution in [2.75, 3.05) is 5.75 Å². The molecule has 11 heavy (non-hydrogen) atoms. The summed E-state index contributed by atoms with van der Waals surface area (Å²) in [6.07, 6.45) is 2.36. The predicted octanol–water partition coefficient (Wildman–Crippen LogP) is 2.70. The van der Waals surface area contributed by atoms with Gasteiger partial charge in [-0.25, -0.2) is 0 Å². The maximum absolute atomic E-state index is 2.36. The van der Waals surface area contributed by atoms with Crippen LogP contribution in [0.5, 0.6) is 0 Å². The molecule has 2 aliphatic heterocycles. The zero-order valence-corrected chi connectivity index (χ0v) is 8.23. The van der Waals surface area contributed by atoms with Crippen LogP contribution in [0.2, 0.25) is 0 Å². The Labute approximate surface area is 74.4 Å². The monoisotopic (exact) mass is 196 g/mol. The Morgan fingerprint density at radius 2 is 2.45 bits per heavy atom. The first kappa shape index (κ1) is 6.47. The maximum Gasteiger partial charge on any atom is 0.0534 e. The highest BCUT2D eigenvalue weighted by Gasteiger charge is 2.16. The van der Waals surface area contributed by atoms with Crippen LogP contribution in [0.3, 0.4) is 0 Å². The Morgan fingerprint density at radius 1 is 1.45 bits per heavy atom. The van der Waals surface area contributed by atoms with E-state index < -0.39 is 0 Å². The highest BCUT2D eigenvalue weighted by Crippen LogP contribution is 2.42. The minimum absolute atomic E-state index is 1.19. The second-order valence-corrected chi connectivity index (χ2v) is 5.61. The molecule has 0 bridgehead atoms. The first-order valence-electron chi connectivity index (χ1n) is 3.45. The Hall–Kier alpha value is -0.0400. The molecule has 0 amide bonds. The SMILES string of the molecule is C1=C2P=c3ccsc3=C2SC1. The van der Waals surface area contributed by atoms with E-state index in [1.54, 1.807) is 10.2 Å². The van der Waals surface area contributed by atoms with E-state index in [2.05, 4.69) is 17.5 Å². The summed E-state index contributed by atoms with van der Waals surface area (Å²) in [6.45, 7) is 0. The molecule has 54 valence electrons. The molecule has 0 atom stereocenters. The van der Waals surface area contributed by atoms with Crippen LogP contribution in [0.15, 0.2) is 22.8 Å². The number of fused-ring (bicyclic) bond motifs is 2. The maximum atomic E-state index is 2.36. The normalized spacial score (nSPS) is 20.7. The van der Waals surface area contributed by atoms with Crippen LogP contribution in [-0.4, -0.2) is 5.75 Å². The van der Waals surface area contributed by atoms with Crippen LogP contribution in [-0.2, 0) is 0 Å². The number of thioether (sulfide) groups is 1. The van der Waals surface area contributed by atoms with E-state index >= 15 is 0 Å². The van der Waals surface area contributed by atoms with Gasteiger partial charge in [-0.1, -0.05) is 14.3 Å². The summed E-state index contributed by atoms with van der Waals surface area (Å²) in [7, 11) is 1.44. The van der Waals surface area contributed by atoms with Gasteiger partial charge in [0.2, 0.25) is 0 Å². The molecule has 3 rings (SSSR count). The van der Waals surface area contributed by atoms with E-state index in [0.717, 1.165) is 0 Å². The summed E-state index contributed by atoms with van der Waals surface area (Å²) in [4.78, 5) is 3.07. The molecule has 0 unspecified atom stereocenters. The third-order valence-electron chi connectivity index (χ3n) is 1.83. The largest absolute Gasteiger partial charge is 0.142 e. The number of hydrogen-bond donors (Lipinski definition) is 0. The van der Waals surface area contributed by atoms with Crippen molar-refractivity contribution < 1.29 is 0 Å². The lowest BCUT2D eigenvalue weighted by Gasteiger charge is -1.88. The zero-order chi connectivity index (χ0) is 7.26. The van der Waals surface area contributed by atoms with Crippen LogP contribution in [0, 0.1) is 4.94 Å². The fraction of sp³-hybridized carbons (Fsp3) is 0.125. The minimum Gasteiger partial charge on any atom is -0.142 e. The molecule has 1 aromatic heterocycles.